The largest absolute Gasteiger partial charge is 0.472 e. The van der Waals surface area contributed by atoms with Gasteiger partial charge in [0.2, 0.25) is 0 Å². The van der Waals surface area contributed by atoms with Crippen molar-refractivity contribution in [3.05, 3.63) is 85.1 Å². The molecule has 82 heavy (non-hydrogen) atoms. The number of phosphoric acid groups is 1. The van der Waals surface area contributed by atoms with Gasteiger partial charge in [-0.1, -0.05) is 286 Å². The predicted molar refractivity (Wildman–Crippen MR) is 344 cm³/mol. The molecule has 0 spiro atoms. The summed E-state index contributed by atoms with van der Waals surface area (Å²) in [6, 6.07) is 0. The normalized spacial score (nSPS) is 13.8. The SMILES string of the molecule is CC/C=C\C/C=C\C/C=C\C/C=C\C/C=C\C/C=C\CCC(=O)OC(COC(=O)CCCCCCCCC/C=C\CCCCCCCC)COP(=O)(O)OCC(CO)OC(=O)CCCCCCCCCCCCCCCCCCCCC. The highest BCUT2D eigenvalue weighted by Gasteiger charge is 2.28. The molecule has 0 saturated heterocycles. The number of carbonyl (C=O) groups is 3. The zero-order valence-corrected chi connectivity index (χ0v) is 53.6. The van der Waals surface area contributed by atoms with Gasteiger partial charge >= 0.3 is 25.7 Å². The number of hydrogen-bond donors (Lipinski definition) is 2. The zero-order valence-electron chi connectivity index (χ0n) is 52.7. The summed E-state index contributed by atoms with van der Waals surface area (Å²) in [5, 5.41) is 9.87. The lowest BCUT2D eigenvalue weighted by Gasteiger charge is -2.21. The minimum atomic E-state index is -4.78. The smallest absolute Gasteiger partial charge is 0.462 e. The van der Waals surface area contributed by atoms with Crippen molar-refractivity contribution in [1.29, 1.82) is 0 Å². The standard InChI is InChI=1S/C70H123O11P/c1-4-7-10-13-16-19-22-25-28-31-33-36-39-42-45-48-51-54-57-60-69(73)80-66(62-71)64-78-82(75,76)79-65-67(63-77-68(72)59-56-53-50-47-44-41-38-35-30-27-24-21-18-15-12-9-6-3)81-70(74)61-58-55-52-49-46-43-40-37-34-32-29-26-23-20-17-14-11-8-5-2/h8,11,17,20,26-27,29-30,34,37,43,46,52,55,66-67,71H,4-7,9-10,12-16,18-19,21-25,28,31-33,35-36,38-42,44-45,47-51,53-54,56-65H2,1-3H3,(H,75,76)/b11-8-,20-17-,29-26-,30-27-,37-34-,46-43-,55-52-. The highest BCUT2D eigenvalue weighted by atomic mass is 31.2. The highest BCUT2D eigenvalue weighted by Crippen LogP contribution is 2.43. The molecule has 0 aromatic rings. The first-order valence-electron chi connectivity index (χ1n) is 33.5. The Labute approximate surface area is 502 Å². The lowest BCUT2D eigenvalue weighted by atomic mass is 10.0. The monoisotopic (exact) mass is 1170 g/mol. The van der Waals surface area contributed by atoms with E-state index in [0.29, 0.717) is 25.7 Å². The fraction of sp³-hybridized carbons (Fsp3) is 0.757. The molecule has 0 aliphatic carbocycles. The van der Waals surface area contributed by atoms with E-state index in [2.05, 4.69) is 93.7 Å². The summed E-state index contributed by atoms with van der Waals surface area (Å²) in [7, 11) is -4.78. The molecule has 0 bridgehead atoms. The Morgan fingerprint density at radius 1 is 0.354 bits per heavy atom. The highest BCUT2D eigenvalue weighted by molar-refractivity contribution is 7.47. The summed E-state index contributed by atoms with van der Waals surface area (Å²) in [5.41, 5.74) is 0. The third-order valence-electron chi connectivity index (χ3n) is 14.3. The van der Waals surface area contributed by atoms with Crippen molar-refractivity contribution in [2.75, 3.05) is 26.4 Å². The van der Waals surface area contributed by atoms with Crippen LogP contribution < -0.4 is 0 Å². The predicted octanol–water partition coefficient (Wildman–Crippen LogP) is 20.6. The number of phosphoric ester groups is 1. The van der Waals surface area contributed by atoms with E-state index < -0.39 is 57.8 Å². The minimum Gasteiger partial charge on any atom is -0.462 e. The van der Waals surface area contributed by atoms with E-state index in [4.69, 9.17) is 23.3 Å². The molecule has 0 aliphatic heterocycles. The summed E-state index contributed by atoms with van der Waals surface area (Å²) < 4.78 is 39.6. The number of unbranched alkanes of at least 4 members (excludes halogenated alkanes) is 31. The molecule has 0 saturated carbocycles. The van der Waals surface area contributed by atoms with Gasteiger partial charge in [0.15, 0.2) is 6.10 Å². The fourth-order valence-corrected chi connectivity index (χ4v) is 10.0. The molecule has 3 unspecified atom stereocenters. The van der Waals surface area contributed by atoms with Crippen molar-refractivity contribution in [2.45, 2.75) is 315 Å². The second kappa shape index (κ2) is 63.7. The number of aliphatic hydroxyl groups is 1. The first kappa shape index (κ1) is 78.7. The molecule has 0 fully saturated rings. The van der Waals surface area contributed by atoms with Gasteiger partial charge in [0.1, 0.15) is 12.7 Å². The molecule has 2 N–H and O–H groups in total. The van der Waals surface area contributed by atoms with Crippen LogP contribution >= 0.6 is 7.82 Å². The van der Waals surface area contributed by atoms with Crippen LogP contribution in [0.5, 0.6) is 0 Å². The Kier molecular flexibility index (Phi) is 61.1. The molecule has 0 aliphatic rings. The first-order valence-corrected chi connectivity index (χ1v) is 35.0. The Morgan fingerprint density at radius 2 is 0.659 bits per heavy atom. The molecule has 0 heterocycles. The summed E-state index contributed by atoms with van der Waals surface area (Å²) in [6.45, 7) is 4.50. The van der Waals surface area contributed by atoms with Crippen molar-refractivity contribution >= 4 is 25.7 Å². The number of allylic oxidation sites excluding steroid dienone is 14. The summed E-state index contributed by atoms with van der Waals surface area (Å²) in [5.74, 6) is -1.56. The molecule has 0 radical (unpaired) electrons. The maximum absolute atomic E-state index is 13.0. The molecule has 3 atom stereocenters. The van der Waals surface area contributed by atoms with E-state index in [9.17, 15) is 28.9 Å². The van der Waals surface area contributed by atoms with Gasteiger partial charge in [-0.2, -0.15) is 0 Å². The van der Waals surface area contributed by atoms with Crippen LogP contribution in [0.2, 0.25) is 0 Å². The maximum Gasteiger partial charge on any atom is 0.472 e. The van der Waals surface area contributed by atoms with E-state index >= 15 is 0 Å². The van der Waals surface area contributed by atoms with E-state index in [0.717, 1.165) is 77.0 Å². The molecule has 0 aromatic heterocycles. The zero-order chi connectivity index (χ0) is 59.8. The van der Waals surface area contributed by atoms with Gasteiger partial charge in [0.05, 0.1) is 19.8 Å². The number of hydrogen-bond acceptors (Lipinski definition) is 10. The minimum absolute atomic E-state index is 0.0406. The Balaban J connectivity index is 4.75. The Hall–Kier alpha value is -3.34. The molecule has 0 aromatic carbocycles. The number of carbonyl (C=O) groups excluding carboxylic acids is 3. The van der Waals surface area contributed by atoms with Crippen LogP contribution in [0.3, 0.4) is 0 Å². The molecule has 0 amide bonds. The van der Waals surface area contributed by atoms with Gasteiger partial charge < -0.3 is 24.2 Å². The summed E-state index contributed by atoms with van der Waals surface area (Å²) >= 11 is 0. The second-order valence-corrected chi connectivity index (χ2v) is 23.7. The first-order chi connectivity index (χ1) is 40.2. The quantitative estimate of drug-likeness (QED) is 0.0197. The van der Waals surface area contributed by atoms with E-state index in [1.54, 1.807) is 0 Å². The molecular formula is C70H123O11P. The van der Waals surface area contributed by atoms with Crippen molar-refractivity contribution in [3.63, 3.8) is 0 Å². The number of ether oxygens (including phenoxy) is 3. The molecule has 12 heteroatoms. The molecule has 0 rings (SSSR count). The lowest BCUT2D eigenvalue weighted by Crippen LogP contribution is -2.30. The van der Waals surface area contributed by atoms with Crippen LogP contribution in [0, 0.1) is 0 Å². The van der Waals surface area contributed by atoms with Crippen LogP contribution in [0.4, 0.5) is 0 Å². The third kappa shape index (κ3) is 61.2. The number of aliphatic hydroxyl groups excluding tert-OH is 1. The number of rotatable bonds is 62. The van der Waals surface area contributed by atoms with Crippen LogP contribution in [-0.2, 0) is 42.2 Å². The van der Waals surface area contributed by atoms with Gasteiger partial charge in [0.25, 0.3) is 0 Å². The van der Waals surface area contributed by atoms with Gasteiger partial charge in [-0.3, -0.25) is 23.4 Å². The summed E-state index contributed by atoms with van der Waals surface area (Å²) in [4.78, 5) is 48.8. The number of esters is 3. The maximum atomic E-state index is 13.0. The van der Waals surface area contributed by atoms with Gasteiger partial charge in [-0.05, 0) is 83.5 Å². The Bertz CT molecular complexity index is 1700. The van der Waals surface area contributed by atoms with Crippen LogP contribution in [0.15, 0.2) is 85.1 Å². The molecular weight excluding hydrogens is 1050 g/mol. The van der Waals surface area contributed by atoms with Crippen molar-refractivity contribution in [1.82, 2.24) is 0 Å². The van der Waals surface area contributed by atoms with Crippen molar-refractivity contribution in [2.24, 2.45) is 0 Å². The second-order valence-electron chi connectivity index (χ2n) is 22.3. The third-order valence-corrected chi connectivity index (χ3v) is 15.3. The van der Waals surface area contributed by atoms with E-state index in [1.165, 1.54) is 161 Å². The van der Waals surface area contributed by atoms with Gasteiger partial charge in [0, 0.05) is 19.3 Å². The average molecular weight is 1170 g/mol. The van der Waals surface area contributed by atoms with Crippen molar-refractivity contribution < 1.29 is 52.2 Å². The Morgan fingerprint density at radius 3 is 1.05 bits per heavy atom. The van der Waals surface area contributed by atoms with Crippen LogP contribution in [0.1, 0.15) is 303 Å². The topological polar surface area (TPSA) is 155 Å². The van der Waals surface area contributed by atoms with E-state index in [-0.39, 0.29) is 25.9 Å². The van der Waals surface area contributed by atoms with Crippen LogP contribution in [0.25, 0.3) is 0 Å². The fourth-order valence-electron chi connectivity index (χ4n) is 9.26. The summed E-state index contributed by atoms with van der Waals surface area (Å²) in [6.07, 6.45) is 75.5. The molecule has 11 nitrogen and oxygen atoms in total. The lowest BCUT2D eigenvalue weighted by molar-refractivity contribution is -0.161. The van der Waals surface area contributed by atoms with E-state index in [1.807, 2.05) is 12.2 Å². The molecule has 474 valence electrons. The van der Waals surface area contributed by atoms with Crippen LogP contribution in [-0.4, -0.2) is 66.5 Å². The van der Waals surface area contributed by atoms with Crippen molar-refractivity contribution in [3.8, 4) is 0 Å². The van der Waals surface area contributed by atoms with Gasteiger partial charge in [-0.15, -0.1) is 0 Å². The average Bonchev–Trinajstić information content (AvgIpc) is 3.50. The van der Waals surface area contributed by atoms with Gasteiger partial charge in [-0.25, -0.2) is 4.57 Å².